The molecule has 0 amide bonds. The monoisotopic (exact) mass is 475 g/mol. The first-order chi connectivity index (χ1) is 20.4. The molecule has 0 bridgehead atoms. The largest absolute Gasteiger partial charge is 0.455 e. The van der Waals surface area contributed by atoms with Crippen LogP contribution in [0.4, 0.5) is 0 Å². The summed E-state index contributed by atoms with van der Waals surface area (Å²) in [4.78, 5) is 0. The van der Waals surface area contributed by atoms with Crippen molar-refractivity contribution in [1.82, 2.24) is 0 Å². The lowest BCUT2D eigenvalue weighted by Gasteiger charge is -2.17. The van der Waals surface area contributed by atoms with Crippen LogP contribution >= 0.6 is 0 Å². The molecule has 0 fully saturated rings. The zero-order valence-electron chi connectivity index (χ0n) is 24.7. The predicted molar refractivity (Wildman–Crippen MR) is 157 cm³/mol. The number of hydrogen-bond acceptors (Lipinski definition) is 1. The van der Waals surface area contributed by atoms with E-state index in [1.54, 1.807) is 0 Å². The molecule has 1 heterocycles. The number of rotatable bonds is 2. The zero-order chi connectivity index (χ0) is 28.7. The third kappa shape index (κ3) is 2.98. The summed E-state index contributed by atoms with van der Waals surface area (Å²) in [6, 6.07) is 33.1. The lowest BCUT2D eigenvalue weighted by molar-refractivity contribution is 0.672. The van der Waals surface area contributed by atoms with Crippen molar-refractivity contribution in [3.8, 4) is 22.3 Å². The van der Waals surface area contributed by atoms with Crippen molar-refractivity contribution in [1.29, 1.82) is 0 Å². The number of benzene rings is 7. The first-order valence-electron chi connectivity index (χ1n) is 14.8. The fourth-order valence-corrected chi connectivity index (χ4v) is 5.74. The summed E-state index contributed by atoms with van der Waals surface area (Å²) >= 11 is 0. The molecule has 0 aliphatic heterocycles. The highest BCUT2D eigenvalue weighted by Gasteiger charge is 2.18. The van der Waals surface area contributed by atoms with E-state index in [4.69, 9.17) is 11.3 Å². The molecule has 0 saturated carbocycles. The smallest absolute Gasteiger partial charge is 0.143 e. The minimum Gasteiger partial charge on any atom is -0.455 e. The van der Waals surface area contributed by atoms with E-state index in [9.17, 15) is 0 Å². The van der Waals surface area contributed by atoms with Crippen molar-refractivity contribution in [3.63, 3.8) is 0 Å². The maximum atomic E-state index is 8.76. The van der Waals surface area contributed by atoms with Crippen LogP contribution in [0.2, 0.25) is 0 Å². The average Bonchev–Trinajstić information content (AvgIpc) is 3.41. The van der Waals surface area contributed by atoms with E-state index >= 15 is 0 Å². The van der Waals surface area contributed by atoms with Crippen molar-refractivity contribution in [2.45, 2.75) is 0 Å². The van der Waals surface area contributed by atoms with Crippen molar-refractivity contribution >= 4 is 54.3 Å². The highest BCUT2D eigenvalue weighted by Crippen LogP contribution is 2.45. The Balaban J connectivity index is 1.49. The maximum Gasteiger partial charge on any atom is 0.143 e. The van der Waals surface area contributed by atoms with Gasteiger partial charge in [0, 0.05) is 16.2 Å². The maximum absolute atomic E-state index is 8.76. The Morgan fingerprint density at radius 1 is 0.459 bits per heavy atom. The van der Waals surface area contributed by atoms with Crippen LogP contribution in [0.5, 0.6) is 0 Å². The summed E-state index contributed by atoms with van der Waals surface area (Å²) in [6.07, 6.45) is 0. The quantitative estimate of drug-likeness (QED) is 0.227. The van der Waals surface area contributed by atoms with Gasteiger partial charge in [-0.3, -0.25) is 0 Å². The molecule has 0 spiro atoms. The Morgan fingerprint density at radius 2 is 1.05 bits per heavy atom. The fourth-order valence-electron chi connectivity index (χ4n) is 5.74. The van der Waals surface area contributed by atoms with Gasteiger partial charge >= 0.3 is 0 Å². The molecule has 1 heteroatoms. The molecule has 8 aromatic rings. The second kappa shape index (κ2) is 7.81. The second-order valence-electron chi connectivity index (χ2n) is 9.32. The summed E-state index contributed by atoms with van der Waals surface area (Å²) in [5, 5.41) is 7.81. The van der Waals surface area contributed by atoms with Gasteiger partial charge in [-0.1, -0.05) is 115 Å². The van der Waals surface area contributed by atoms with E-state index in [-0.39, 0.29) is 29.7 Å². The topological polar surface area (TPSA) is 13.1 Å². The van der Waals surface area contributed by atoms with Gasteiger partial charge in [0.15, 0.2) is 0 Å². The average molecular weight is 476 g/mol. The minimum absolute atomic E-state index is 0.206. The van der Waals surface area contributed by atoms with Crippen molar-refractivity contribution in [2.75, 3.05) is 0 Å². The van der Waals surface area contributed by atoms with Crippen LogP contribution in [0.3, 0.4) is 0 Å². The third-order valence-electron chi connectivity index (χ3n) is 7.33. The normalized spacial score (nSPS) is 13.7. The van der Waals surface area contributed by atoms with Gasteiger partial charge in [-0.25, -0.2) is 0 Å². The van der Waals surface area contributed by atoms with E-state index < -0.39 is 6.04 Å². The molecule has 0 radical (unpaired) electrons. The third-order valence-corrected chi connectivity index (χ3v) is 7.33. The van der Waals surface area contributed by atoms with Crippen molar-refractivity contribution in [2.24, 2.45) is 0 Å². The summed E-state index contributed by atoms with van der Waals surface area (Å²) in [7, 11) is 0. The molecule has 0 saturated heterocycles. The highest BCUT2D eigenvalue weighted by atomic mass is 16.3. The Morgan fingerprint density at radius 3 is 1.73 bits per heavy atom. The molecule has 37 heavy (non-hydrogen) atoms. The van der Waals surface area contributed by atoms with E-state index in [1.807, 2.05) is 66.7 Å². The van der Waals surface area contributed by atoms with Crippen LogP contribution in [-0.2, 0) is 0 Å². The van der Waals surface area contributed by atoms with Crippen LogP contribution in [0.15, 0.2) is 138 Å². The van der Waals surface area contributed by atoms with Crippen LogP contribution in [0.25, 0.3) is 76.5 Å². The van der Waals surface area contributed by atoms with Crippen LogP contribution in [0, 0.1) is 0 Å². The zero-order valence-corrected chi connectivity index (χ0v) is 19.7. The van der Waals surface area contributed by atoms with Crippen LogP contribution < -0.4 is 0 Å². The van der Waals surface area contributed by atoms with Gasteiger partial charge in [0.25, 0.3) is 0 Å². The standard InChI is InChI=1S/C36H22O/c1-2-11-24(12-3-1)34-27-14-6-8-16-29(27)35(30-17-9-7-15-28(30)34)25-19-21-33-32(22-25)31-20-18-23-10-4-5-13-26(23)36(31)37-33/h1-22H/i1D,2D,3D,11D,12D. The number of hydrogen-bond donors (Lipinski definition) is 0. The van der Waals surface area contributed by atoms with Gasteiger partial charge in [0.05, 0.1) is 6.85 Å². The molecule has 1 aromatic heterocycles. The summed E-state index contributed by atoms with van der Waals surface area (Å²) in [5.41, 5.74) is 4.57. The molecule has 172 valence electrons. The Kier molecular flexibility index (Phi) is 3.37. The molecule has 0 aliphatic carbocycles. The number of fused-ring (bicyclic) bond motifs is 7. The molecule has 0 aliphatic rings. The molecule has 0 N–H and O–H groups in total. The van der Waals surface area contributed by atoms with Gasteiger partial charge < -0.3 is 4.42 Å². The van der Waals surface area contributed by atoms with E-state index in [2.05, 4.69) is 36.4 Å². The van der Waals surface area contributed by atoms with Gasteiger partial charge in [0.2, 0.25) is 0 Å². The highest BCUT2D eigenvalue weighted by molar-refractivity contribution is 6.22. The SMILES string of the molecule is [2H]c1c([2H])c([2H])c(-c2c3ccccc3c(-c3ccc4oc5c6ccccc6ccc5c4c3)c3ccccc23)c([2H])c1[2H]. The molecular formula is C36H22O. The molecule has 7 aromatic carbocycles. The van der Waals surface area contributed by atoms with E-state index in [0.717, 1.165) is 65.4 Å². The lowest BCUT2D eigenvalue weighted by atomic mass is 9.86. The van der Waals surface area contributed by atoms with Crippen molar-refractivity contribution < 1.29 is 11.3 Å². The van der Waals surface area contributed by atoms with Crippen LogP contribution in [-0.4, -0.2) is 0 Å². The Labute approximate surface area is 221 Å². The van der Waals surface area contributed by atoms with Crippen molar-refractivity contribution in [3.05, 3.63) is 133 Å². The fraction of sp³-hybridized carbons (Fsp3) is 0. The van der Waals surface area contributed by atoms with E-state index in [1.165, 1.54) is 0 Å². The van der Waals surface area contributed by atoms with Gasteiger partial charge in [-0.15, -0.1) is 0 Å². The second-order valence-corrected chi connectivity index (χ2v) is 9.32. The summed E-state index contributed by atoms with van der Waals surface area (Å²) in [5.74, 6) is 0. The van der Waals surface area contributed by atoms with Gasteiger partial charge in [0.1, 0.15) is 11.2 Å². The predicted octanol–water partition coefficient (Wildman–Crippen LogP) is 10.4. The number of furan rings is 1. The first-order valence-corrected chi connectivity index (χ1v) is 12.3. The molecule has 0 atom stereocenters. The molecule has 0 unspecified atom stereocenters. The van der Waals surface area contributed by atoms with Gasteiger partial charge in [-0.2, -0.15) is 0 Å². The Hall–Kier alpha value is -4.88. The summed E-state index contributed by atoms with van der Waals surface area (Å²) in [6.45, 7) is 0. The minimum atomic E-state index is -0.396. The molecule has 8 rings (SSSR count). The Bertz CT molecular complexity index is 2340. The molecular weight excluding hydrogens is 448 g/mol. The summed E-state index contributed by atoms with van der Waals surface area (Å²) < 4.78 is 48.7. The molecule has 1 nitrogen and oxygen atoms in total. The lowest BCUT2D eigenvalue weighted by Crippen LogP contribution is -1.90. The first kappa shape index (κ1) is 16.0. The van der Waals surface area contributed by atoms with Crippen LogP contribution in [0.1, 0.15) is 6.85 Å². The van der Waals surface area contributed by atoms with Gasteiger partial charge in [-0.05, 0) is 67.4 Å². The van der Waals surface area contributed by atoms with E-state index in [0.29, 0.717) is 5.56 Å².